The molecular formula is C7H8N-. The molecule has 0 fully saturated rings. The summed E-state index contributed by atoms with van der Waals surface area (Å²) in [7, 11) is 0. The van der Waals surface area contributed by atoms with Gasteiger partial charge in [0, 0.05) is 0 Å². The third-order valence-electron chi connectivity index (χ3n) is 0.946. The van der Waals surface area contributed by atoms with Gasteiger partial charge in [-0.15, -0.1) is 12.3 Å². The maximum absolute atomic E-state index is 4.06. The van der Waals surface area contributed by atoms with Crippen LogP contribution in [0.5, 0.6) is 0 Å². The lowest BCUT2D eigenvalue weighted by Gasteiger charge is -2.25. The van der Waals surface area contributed by atoms with Crippen LogP contribution in [-0.2, 0) is 0 Å². The summed E-state index contributed by atoms with van der Waals surface area (Å²) >= 11 is 0. The Balaban J connectivity index is 2.73. The fourth-order valence-electron chi connectivity index (χ4n) is 0.599. The third kappa shape index (κ3) is 0.997. The lowest BCUT2D eigenvalue weighted by molar-refractivity contribution is 1.39. The summed E-state index contributed by atoms with van der Waals surface area (Å²) < 4.78 is 0. The normalized spacial score (nSPS) is 17.6. The highest BCUT2D eigenvalue weighted by molar-refractivity contribution is 5.43. The van der Waals surface area contributed by atoms with Crippen LogP contribution in [-0.4, -0.2) is 0 Å². The van der Waals surface area contributed by atoms with Crippen molar-refractivity contribution in [3.05, 3.63) is 41.5 Å². The van der Waals surface area contributed by atoms with Gasteiger partial charge in [0.1, 0.15) is 0 Å². The first-order chi connectivity index (χ1) is 3.79. The molecule has 0 atom stereocenters. The predicted molar refractivity (Wildman–Crippen MR) is 35.4 cm³/mol. The SMILES string of the molecule is C=C1C=CC=C(C)[N-]1. The Bertz CT molecular complexity index is 163. The summed E-state index contributed by atoms with van der Waals surface area (Å²) in [4.78, 5) is 0. The second-order valence-electron chi connectivity index (χ2n) is 1.77. The minimum atomic E-state index is 0.838. The van der Waals surface area contributed by atoms with E-state index in [0.29, 0.717) is 0 Å². The van der Waals surface area contributed by atoms with E-state index in [1.807, 2.05) is 25.2 Å². The zero-order valence-corrected chi connectivity index (χ0v) is 4.89. The Kier molecular flexibility index (Phi) is 1.20. The molecule has 0 saturated carbocycles. The van der Waals surface area contributed by atoms with E-state index in [2.05, 4.69) is 11.9 Å². The summed E-state index contributed by atoms with van der Waals surface area (Å²) in [5, 5.41) is 4.06. The highest BCUT2D eigenvalue weighted by atomic mass is 14.9. The average Bonchev–Trinajstić information content (AvgIpc) is 1.64. The van der Waals surface area contributed by atoms with E-state index < -0.39 is 0 Å². The number of rotatable bonds is 0. The fourth-order valence-corrected chi connectivity index (χ4v) is 0.599. The van der Waals surface area contributed by atoms with Crippen molar-refractivity contribution in [2.24, 2.45) is 0 Å². The van der Waals surface area contributed by atoms with Gasteiger partial charge in [0.25, 0.3) is 0 Å². The highest BCUT2D eigenvalue weighted by Gasteiger charge is 1.77. The van der Waals surface area contributed by atoms with Crippen LogP contribution in [0.25, 0.3) is 5.32 Å². The van der Waals surface area contributed by atoms with Crippen molar-refractivity contribution >= 4 is 0 Å². The third-order valence-corrected chi connectivity index (χ3v) is 0.946. The second kappa shape index (κ2) is 1.86. The monoisotopic (exact) mass is 106 g/mol. The zero-order valence-electron chi connectivity index (χ0n) is 4.89. The number of hydrogen-bond donors (Lipinski definition) is 0. The summed E-state index contributed by atoms with van der Waals surface area (Å²) in [6.07, 6.45) is 5.78. The molecule has 0 aromatic carbocycles. The minimum Gasteiger partial charge on any atom is -0.662 e. The Labute approximate surface area is 49.4 Å². The van der Waals surface area contributed by atoms with E-state index in [1.54, 1.807) is 0 Å². The fraction of sp³-hybridized carbons (Fsp3) is 0.143. The van der Waals surface area contributed by atoms with Gasteiger partial charge in [0.2, 0.25) is 0 Å². The van der Waals surface area contributed by atoms with Crippen molar-refractivity contribution < 1.29 is 0 Å². The van der Waals surface area contributed by atoms with Gasteiger partial charge in [0.15, 0.2) is 0 Å². The van der Waals surface area contributed by atoms with Crippen LogP contribution < -0.4 is 0 Å². The topological polar surface area (TPSA) is 14.1 Å². The molecule has 0 aromatic heterocycles. The maximum Gasteiger partial charge on any atom is -0.0607 e. The quantitative estimate of drug-likeness (QED) is 0.450. The molecule has 1 heteroatoms. The molecule has 0 amide bonds. The first-order valence-corrected chi connectivity index (χ1v) is 2.54. The van der Waals surface area contributed by atoms with Crippen LogP contribution in [0.15, 0.2) is 36.2 Å². The minimum absolute atomic E-state index is 0.838. The maximum atomic E-state index is 4.06. The summed E-state index contributed by atoms with van der Waals surface area (Å²) in [5.74, 6) is 0. The van der Waals surface area contributed by atoms with E-state index in [-0.39, 0.29) is 0 Å². The molecule has 0 unspecified atom stereocenters. The molecule has 0 N–H and O–H groups in total. The van der Waals surface area contributed by atoms with Gasteiger partial charge in [-0.25, -0.2) is 0 Å². The van der Waals surface area contributed by atoms with Crippen molar-refractivity contribution in [3.63, 3.8) is 0 Å². The van der Waals surface area contributed by atoms with Crippen LogP contribution in [0.2, 0.25) is 0 Å². The Morgan fingerprint density at radius 3 is 2.75 bits per heavy atom. The second-order valence-corrected chi connectivity index (χ2v) is 1.77. The largest absolute Gasteiger partial charge is 0.662 e. The van der Waals surface area contributed by atoms with Crippen molar-refractivity contribution in [2.45, 2.75) is 6.92 Å². The van der Waals surface area contributed by atoms with Gasteiger partial charge < -0.3 is 5.32 Å². The molecule has 0 bridgehead atoms. The van der Waals surface area contributed by atoms with Gasteiger partial charge in [-0.05, 0) is 0 Å². The lowest BCUT2D eigenvalue weighted by Crippen LogP contribution is -1.80. The molecular weight excluding hydrogens is 98.1 g/mol. The molecule has 8 heavy (non-hydrogen) atoms. The van der Waals surface area contributed by atoms with Crippen LogP contribution in [0.3, 0.4) is 0 Å². The van der Waals surface area contributed by atoms with Crippen LogP contribution in [0.1, 0.15) is 6.92 Å². The summed E-state index contributed by atoms with van der Waals surface area (Å²) in [6.45, 7) is 5.62. The van der Waals surface area contributed by atoms with E-state index in [4.69, 9.17) is 0 Å². The standard InChI is InChI=1S/C7H8N/c1-6-4-3-5-7(2)8-6/h3-5H,1H2,2H3/q-1. The summed E-state index contributed by atoms with van der Waals surface area (Å²) in [5.41, 5.74) is 1.86. The Morgan fingerprint density at radius 1 is 1.62 bits per heavy atom. The number of allylic oxidation sites excluding steroid dienone is 4. The van der Waals surface area contributed by atoms with Gasteiger partial charge in [0.05, 0.1) is 0 Å². The first kappa shape index (κ1) is 5.16. The Morgan fingerprint density at radius 2 is 2.38 bits per heavy atom. The molecule has 1 aliphatic heterocycles. The molecule has 1 rings (SSSR count). The van der Waals surface area contributed by atoms with Gasteiger partial charge >= 0.3 is 0 Å². The molecule has 1 nitrogen and oxygen atoms in total. The van der Waals surface area contributed by atoms with Crippen molar-refractivity contribution in [2.75, 3.05) is 0 Å². The average molecular weight is 106 g/mol. The van der Waals surface area contributed by atoms with E-state index in [9.17, 15) is 0 Å². The Hall–Kier alpha value is -0.980. The smallest absolute Gasteiger partial charge is 0.0607 e. The van der Waals surface area contributed by atoms with E-state index in [1.165, 1.54) is 0 Å². The van der Waals surface area contributed by atoms with Crippen molar-refractivity contribution in [1.82, 2.24) is 0 Å². The highest BCUT2D eigenvalue weighted by Crippen LogP contribution is 2.17. The molecule has 42 valence electrons. The van der Waals surface area contributed by atoms with Crippen LogP contribution in [0, 0.1) is 0 Å². The van der Waals surface area contributed by atoms with E-state index >= 15 is 0 Å². The predicted octanol–water partition coefficient (Wildman–Crippen LogP) is 2.35. The number of nitrogens with zero attached hydrogens (tertiary/aromatic N) is 1. The molecule has 0 spiro atoms. The van der Waals surface area contributed by atoms with Gasteiger partial charge in [-0.1, -0.05) is 25.2 Å². The summed E-state index contributed by atoms with van der Waals surface area (Å²) in [6, 6.07) is 0. The number of hydrogen-bond acceptors (Lipinski definition) is 0. The van der Waals surface area contributed by atoms with E-state index in [0.717, 1.165) is 11.4 Å². The van der Waals surface area contributed by atoms with Crippen molar-refractivity contribution in [3.8, 4) is 0 Å². The van der Waals surface area contributed by atoms with Crippen LogP contribution >= 0.6 is 0 Å². The van der Waals surface area contributed by atoms with Crippen molar-refractivity contribution in [1.29, 1.82) is 0 Å². The van der Waals surface area contributed by atoms with Gasteiger partial charge in [-0.2, -0.15) is 5.70 Å². The molecule has 0 saturated heterocycles. The zero-order chi connectivity index (χ0) is 5.98. The van der Waals surface area contributed by atoms with Gasteiger partial charge in [-0.3, -0.25) is 0 Å². The molecule has 1 aliphatic rings. The molecule has 1 heterocycles. The first-order valence-electron chi connectivity index (χ1n) is 2.54. The molecule has 0 aliphatic carbocycles. The lowest BCUT2D eigenvalue weighted by atomic mass is 10.3. The molecule has 0 aromatic rings. The van der Waals surface area contributed by atoms with Crippen LogP contribution in [0.4, 0.5) is 0 Å². The molecule has 0 radical (unpaired) electrons.